The van der Waals surface area contributed by atoms with Crippen LogP contribution in [-0.2, 0) is 0 Å². The first-order chi connectivity index (χ1) is 7.15. The van der Waals surface area contributed by atoms with Crippen molar-refractivity contribution in [1.29, 1.82) is 5.26 Å². The fraction of sp³-hybridized carbons (Fsp3) is 0.417. The first-order valence-electron chi connectivity index (χ1n) is 5.00. The van der Waals surface area contributed by atoms with Crippen LogP contribution in [0, 0.1) is 25.2 Å². The summed E-state index contributed by atoms with van der Waals surface area (Å²) in [6, 6.07) is 6.63. The minimum Gasteiger partial charge on any atom is -0.357 e. The molecule has 0 fully saturated rings. The zero-order chi connectivity index (χ0) is 11.0. The summed E-state index contributed by atoms with van der Waals surface area (Å²) in [6.45, 7) is 4.24. The van der Waals surface area contributed by atoms with E-state index in [1.807, 2.05) is 7.05 Å². The maximum Gasteiger partial charge on any atom is 0.126 e. The molecule has 3 heteroatoms. The molecule has 1 aliphatic rings. The van der Waals surface area contributed by atoms with Crippen molar-refractivity contribution in [2.75, 3.05) is 17.7 Å². The second kappa shape index (κ2) is 3.79. The number of fused-ring (bicyclic) bond motifs is 1. The highest BCUT2D eigenvalue weighted by atomic mass is 32.2. The van der Waals surface area contributed by atoms with Gasteiger partial charge in [0.25, 0.3) is 0 Å². The molecule has 1 aliphatic heterocycles. The third-order valence-electron chi connectivity index (χ3n) is 2.88. The molecular weight excluding hydrogens is 204 g/mol. The third kappa shape index (κ3) is 1.59. The van der Waals surface area contributed by atoms with Crippen molar-refractivity contribution in [1.82, 2.24) is 0 Å². The normalized spacial score (nSPS) is 19.6. The van der Waals surface area contributed by atoms with Crippen LogP contribution in [0.1, 0.15) is 11.1 Å². The van der Waals surface area contributed by atoms with E-state index in [9.17, 15) is 0 Å². The topological polar surface area (TPSA) is 27.0 Å². The lowest BCUT2D eigenvalue weighted by Crippen LogP contribution is -2.36. The summed E-state index contributed by atoms with van der Waals surface area (Å²) < 4.78 is 0. The monoisotopic (exact) mass is 218 g/mol. The number of nitrogens with zero attached hydrogens (tertiary/aromatic N) is 2. The number of anilines is 1. The van der Waals surface area contributed by atoms with Crippen LogP contribution in [0.25, 0.3) is 0 Å². The van der Waals surface area contributed by atoms with Gasteiger partial charge in [0.1, 0.15) is 6.04 Å². The van der Waals surface area contributed by atoms with Crippen LogP contribution in [0.5, 0.6) is 0 Å². The molecule has 0 N–H and O–H groups in total. The number of rotatable bonds is 0. The Kier molecular flexibility index (Phi) is 2.62. The van der Waals surface area contributed by atoms with Crippen LogP contribution in [0.3, 0.4) is 0 Å². The maximum atomic E-state index is 9.04. The van der Waals surface area contributed by atoms with Gasteiger partial charge in [-0.25, -0.2) is 0 Å². The zero-order valence-electron chi connectivity index (χ0n) is 9.24. The Morgan fingerprint density at radius 2 is 2.07 bits per heavy atom. The lowest BCUT2D eigenvalue weighted by Gasteiger charge is -2.33. The van der Waals surface area contributed by atoms with E-state index in [1.165, 1.54) is 21.7 Å². The summed E-state index contributed by atoms with van der Waals surface area (Å²) in [6.07, 6.45) is 0. The molecule has 1 heterocycles. The molecule has 1 atom stereocenters. The quantitative estimate of drug-likeness (QED) is 0.670. The van der Waals surface area contributed by atoms with Gasteiger partial charge in [-0.1, -0.05) is 12.1 Å². The minimum absolute atomic E-state index is 0.00278. The van der Waals surface area contributed by atoms with E-state index < -0.39 is 0 Å². The summed E-state index contributed by atoms with van der Waals surface area (Å²) >= 11 is 1.80. The van der Waals surface area contributed by atoms with Crippen molar-refractivity contribution in [2.45, 2.75) is 24.8 Å². The van der Waals surface area contributed by atoms with Gasteiger partial charge in [0.2, 0.25) is 0 Å². The Labute approximate surface area is 94.9 Å². The highest BCUT2D eigenvalue weighted by Crippen LogP contribution is 2.40. The molecular formula is C12H14N2S. The van der Waals surface area contributed by atoms with Crippen LogP contribution < -0.4 is 4.90 Å². The second-order valence-electron chi connectivity index (χ2n) is 3.94. The molecule has 78 valence electrons. The number of aryl methyl sites for hydroxylation is 2. The van der Waals surface area contributed by atoms with Gasteiger partial charge < -0.3 is 4.90 Å². The highest BCUT2D eigenvalue weighted by Gasteiger charge is 2.25. The standard InChI is InChI=1S/C12H14N2S/c1-8-4-5-9(2)12-11(8)14(3)10(6-13)7-15-12/h4-5,10H,7H2,1-3H3. The first kappa shape index (κ1) is 10.4. The van der Waals surface area contributed by atoms with E-state index in [2.05, 4.69) is 36.9 Å². The number of thioether (sulfide) groups is 1. The molecule has 0 amide bonds. The molecule has 1 aromatic rings. The molecule has 0 aromatic heterocycles. The largest absolute Gasteiger partial charge is 0.357 e. The Hall–Kier alpha value is -1.14. The van der Waals surface area contributed by atoms with Crippen molar-refractivity contribution in [3.63, 3.8) is 0 Å². The average molecular weight is 218 g/mol. The summed E-state index contributed by atoms with van der Waals surface area (Å²) in [5.74, 6) is 0.865. The third-order valence-corrected chi connectivity index (χ3v) is 4.17. The van der Waals surface area contributed by atoms with Gasteiger partial charge in [-0.3, -0.25) is 0 Å². The van der Waals surface area contributed by atoms with Crippen LogP contribution in [0.2, 0.25) is 0 Å². The molecule has 0 bridgehead atoms. The van der Waals surface area contributed by atoms with Crippen LogP contribution in [0.15, 0.2) is 17.0 Å². The molecule has 0 radical (unpaired) electrons. The maximum absolute atomic E-state index is 9.04. The molecule has 0 spiro atoms. The van der Waals surface area contributed by atoms with E-state index in [0.29, 0.717) is 0 Å². The van der Waals surface area contributed by atoms with Crippen molar-refractivity contribution in [3.8, 4) is 6.07 Å². The minimum atomic E-state index is 0.00278. The van der Waals surface area contributed by atoms with Crippen LogP contribution in [-0.4, -0.2) is 18.8 Å². The number of hydrogen-bond acceptors (Lipinski definition) is 3. The van der Waals surface area contributed by atoms with Crippen molar-refractivity contribution in [2.24, 2.45) is 0 Å². The smallest absolute Gasteiger partial charge is 0.126 e. The van der Waals surface area contributed by atoms with E-state index in [-0.39, 0.29) is 6.04 Å². The lowest BCUT2D eigenvalue weighted by molar-refractivity contribution is 0.816. The molecule has 1 aromatic carbocycles. The highest BCUT2D eigenvalue weighted by molar-refractivity contribution is 7.99. The van der Waals surface area contributed by atoms with Gasteiger partial charge in [0, 0.05) is 17.7 Å². The van der Waals surface area contributed by atoms with E-state index in [0.717, 1.165) is 5.75 Å². The van der Waals surface area contributed by atoms with Crippen molar-refractivity contribution < 1.29 is 0 Å². The van der Waals surface area contributed by atoms with Crippen LogP contribution in [0.4, 0.5) is 5.69 Å². The Morgan fingerprint density at radius 3 is 2.73 bits per heavy atom. The second-order valence-corrected chi connectivity index (χ2v) is 4.97. The van der Waals surface area contributed by atoms with Crippen LogP contribution >= 0.6 is 11.8 Å². The summed E-state index contributed by atoms with van der Waals surface area (Å²) in [5, 5.41) is 9.04. The van der Waals surface area contributed by atoms with Gasteiger partial charge in [0.15, 0.2) is 0 Å². The Bertz CT molecular complexity index is 434. The molecule has 0 aliphatic carbocycles. The molecule has 2 rings (SSSR count). The van der Waals surface area contributed by atoms with Gasteiger partial charge >= 0.3 is 0 Å². The molecule has 0 saturated heterocycles. The van der Waals surface area contributed by atoms with Gasteiger partial charge in [0.05, 0.1) is 11.8 Å². The fourth-order valence-electron chi connectivity index (χ4n) is 1.94. The SMILES string of the molecule is Cc1ccc(C)c2c1SCC(C#N)N2C. The summed E-state index contributed by atoms with van der Waals surface area (Å²) in [7, 11) is 2.01. The Morgan fingerprint density at radius 1 is 1.40 bits per heavy atom. The number of hydrogen-bond donors (Lipinski definition) is 0. The van der Waals surface area contributed by atoms with E-state index in [4.69, 9.17) is 5.26 Å². The van der Waals surface area contributed by atoms with Gasteiger partial charge in [-0.15, -0.1) is 11.8 Å². The first-order valence-corrected chi connectivity index (χ1v) is 5.99. The summed E-state index contributed by atoms with van der Waals surface area (Å²) in [4.78, 5) is 3.44. The number of nitriles is 1. The Balaban J connectivity index is 2.56. The zero-order valence-corrected chi connectivity index (χ0v) is 10.1. The predicted octanol–water partition coefficient (Wildman–Crippen LogP) is 2.74. The molecule has 1 unspecified atom stereocenters. The van der Waals surface area contributed by atoms with E-state index in [1.54, 1.807) is 11.8 Å². The fourth-order valence-corrected chi connectivity index (χ4v) is 3.30. The molecule has 0 saturated carbocycles. The van der Waals surface area contributed by atoms with Gasteiger partial charge in [-0.2, -0.15) is 5.26 Å². The van der Waals surface area contributed by atoms with Crippen molar-refractivity contribution in [3.05, 3.63) is 23.3 Å². The molecule has 2 nitrogen and oxygen atoms in total. The number of benzene rings is 1. The summed E-state index contributed by atoms with van der Waals surface area (Å²) in [5.41, 5.74) is 3.80. The molecule has 15 heavy (non-hydrogen) atoms. The van der Waals surface area contributed by atoms with E-state index >= 15 is 0 Å². The predicted molar refractivity (Wildman–Crippen MR) is 64.4 cm³/mol. The van der Waals surface area contributed by atoms with Gasteiger partial charge in [-0.05, 0) is 25.0 Å². The van der Waals surface area contributed by atoms with Crippen molar-refractivity contribution >= 4 is 17.4 Å². The average Bonchev–Trinajstić information content (AvgIpc) is 2.23. The lowest BCUT2D eigenvalue weighted by atomic mass is 10.1.